The minimum atomic E-state index is 0. The third kappa shape index (κ3) is 9.15. The molecule has 0 amide bonds. The summed E-state index contributed by atoms with van der Waals surface area (Å²) >= 11 is 0. The van der Waals surface area contributed by atoms with Gasteiger partial charge in [0.05, 0.1) is 0 Å². The number of hydrogen-bond acceptors (Lipinski definition) is 0. The molecule has 0 aliphatic heterocycles. The number of rotatable bonds is 0. The molecule has 0 bridgehead atoms. The summed E-state index contributed by atoms with van der Waals surface area (Å²) in [6, 6.07) is 0. The maximum Gasteiger partial charge on any atom is 2.00 e. The molecule has 0 aromatic rings. The Bertz CT molecular complexity index is 8.00. The van der Waals surface area contributed by atoms with Crippen LogP contribution in [0, 0.1) is 0 Å². The van der Waals surface area contributed by atoms with Gasteiger partial charge in [-0.05, 0) is 0 Å². The molecule has 0 unspecified atom stereocenters. The largest absolute Gasteiger partial charge is 2.00 e. The van der Waals surface area contributed by atoms with Gasteiger partial charge >= 0.3 is 83.2 Å². The van der Waals surface area contributed by atoms with Crippen molar-refractivity contribution < 1.29 is 0 Å². The van der Waals surface area contributed by atoms with Crippen molar-refractivity contribution in [3.63, 3.8) is 0 Å². The molecular weight excluding hydrogens is 239 g/mol. The smallest absolute Gasteiger partial charge is 2.00 e. The quantitative estimate of drug-likeness (QED) is 0.468. The Hall–Kier alpha value is 3.61. The summed E-state index contributed by atoms with van der Waals surface area (Å²) in [5.41, 5.74) is 0. The number of hydrogen-bond donors (Lipinski definition) is 0. The van der Waals surface area contributed by atoms with Crippen LogP contribution in [0.3, 0.4) is 0 Å². The van der Waals surface area contributed by atoms with Crippen molar-refractivity contribution in [2.24, 2.45) is 0 Å². The predicted octanol–water partition coefficient (Wildman–Crippen LogP) is -1.14. The first-order chi connectivity index (χ1) is 0. The Labute approximate surface area is 111 Å². The minimum Gasteiger partial charge on any atom is -2.00 e. The maximum absolute atomic E-state index is 0. The Morgan fingerprint density at radius 1 is 1.00 bits per heavy atom. The van der Waals surface area contributed by atoms with Crippen LogP contribution in [0.4, 0.5) is 0 Å². The van der Waals surface area contributed by atoms with Crippen molar-refractivity contribution >= 4 is 114 Å². The Morgan fingerprint density at radius 3 is 1.00 bits per heavy atom. The van der Waals surface area contributed by atoms with E-state index < -0.39 is 0 Å². The molecule has 0 aliphatic rings. The Morgan fingerprint density at radius 2 is 1.00 bits per heavy atom. The fourth-order valence-electron chi connectivity index (χ4n) is 0. The molecule has 4 heavy (non-hydrogen) atoms. The minimum absolute atomic E-state index is 0. The molecule has 0 aromatic heterocycles. The molecule has 0 spiro atoms. The summed E-state index contributed by atoms with van der Waals surface area (Å²) < 4.78 is 0. The molecule has 0 heterocycles. The summed E-state index contributed by atoms with van der Waals surface area (Å²) in [5, 5.41) is 0. The van der Waals surface area contributed by atoms with E-state index in [0.717, 1.165) is 0 Å². The van der Waals surface area contributed by atoms with E-state index in [9.17, 15) is 0 Å². The van der Waals surface area contributed by atoms with Gasteiger partial charge in [-0.15, -0.1) is 0 Å². The molecule has 4 heteroatoms. The molecule has 0 fully saturated rings. The second-order valence-electron chi connectivity index (χ2n) is 0. The van der Waals surface area contributed by atoms with Crippen molar-refractivity contribution in [2.75, 3.05) is 0 Å². The van der Waals surface area contributed by atoms with Crippen LogP contribution in [0.25, 0.3) is 0 Å². The molecule has 0 aliphatic carbocycles. The van der Waals surface area contributed by atoms with Gasteiger partial charge in [0.25, 0.3) is 0 Å². The van der Waals surface area contributed by atoms with Crippen molar-refractivity contribution in [3.05, 3.63) is 0 Å². The second-order valence-corrected chi connectivity index (χ2v) is 0. The summed E-state index contributed by atoms with van der Waals surface area (Å²) in [7, 11) is 0. The van der Waals surface area contributed by atoms with Gasteiger partial charge in [-0.3, -0.25) is 0 Å². The fourth-order valence-corrected chi connectivity index (χ4v) is 0. The second kappa shape index (κ2) is 16.0. The summed E-state index contributed by atoms with van der Waals surface area (Å²) in [4.78, 5) is 0. The van der Waals surface area contributed by atoms with Crippen LogP contribution in [0.2, 0.25) is 0 Å². The van der Waals surface area contributed by atoms with Crippen LogP contribution in [0.5, 0.6) is 0 Å². The normalized spacial score (nSPS) is 0. The molecule has 16 valence electrons. The van der Waals surface area contributed by atoms with Crippen LogP contribution >= 0.6 is 0 Å². The van der Waals surface area contributed by atoms with Gasteiger partial charge in [0.2, 0.25) is 0 Å². The molecule has 0 aromatic carbocycles. The summed E-state index contributed by atoms with van der Waals surface area (Å²) in [6.45, 7) is 0. The monoisotopic (exact) mass is 240 g/mol. The zero-order valence-electron chi connectivity index (χ0n) is 2.23. The first-order valence-corrected chi connectivity index (χ1v) is 0. The predicted molar refractivity (Wildman–Crippen MR) is 24.6 cm³/mol. The SMILES string of the molecule is [Ca+2].[S-2].[Se-2].[Sr+2]. The zero-order valence-corrected chi connectivity index (χ0v) is 10.4. The van der Waals surface area contributed by atoms with Crippen LogP contribution < -0.4 is 0 Å². The summed E-state index contributed by atoms with van der Waals surface area (Å²) in [5.74, 6) is 0. The van der Waals surface area contributed by atoms with Gasteiger partial charge in [0.1, 0.15) is 0 Å². The third-order valence-electron chi connectivity index (χ3n) is 0. The van der Waals surface area contributed by atoms with Crippen LogP contribution in [0.1, 0.15) is 0 Å². The molecular formula is CaSSeSr. The summed E-state index contributed by atoms with van der Waals surface area (Å²) in [6.07, 6.45) is 0. The molecule has 0 saturated heterocycles. The van der Waals surface area contributed by atoms with E-state index in [4.69, 9.17) is 0 Å². The van der Waals surface area contributed by atoms with Crippen LogP contribution in [-0.2, 0) is 13.5 Å². The molecule has 0 rings (SSSR count). The molecule has 0 radical (unpaired) electrons. The van der Waals surface area contributed by atoms with Gasteiger partial charge < -0.3 is 30.6 Å². The van der Waals surface area contributed by atoms with Crippen LogP contribution in [0.15, 0.2) is 0 Å². The van der Waals surface area contributed by atoms with E-state index in [1.807, 2.05) is 0 Å². The van der Waals surface area contributed by atoms with E-state index in [-0.39, 0.29) is 114 Å². The molecule has 0 nitrogen and oxygen atoms in total. The topological polar surface area (TPSA) is 0 Å². The van der Waals surface area contributed by atoms with Gasteiger partial charge in [-0.1, -0.05) is 0 Å². The van der Waals surface area contributed by atoms with Crippen LogP contribution in [-0.4, -0.2) is 100 Å². The maximum atomic E-state index is 0. The van der Waals surface area contributed by atoms with E-state index in [2.05, 4.69) is 0 Å². The molecule has 0 N–H and O–H groups in total. The van der Waals surface area contributed by atoms with E-state index in [1.54, 1.807) is 0 Å². The Kier molecular flexibility index (Phi) is 102. The van der Waals surface area contributed by atoms with Gasteiger partial charge in [0, 0.05) is 0 Å². The van der Waals surface area contributed by atoms with Gasteiger partial charge in [-0.25, -0.2) is 0 Å². The zero-order chi connectivity index (χ0) is 0. The fraction of sp³-hybridized carbons (Fsp3) is 0. The first kappa shape index (κ1) is 25.5. The van der Waals surface area contributed by atoms with Gasteiger partial charge in [0.15, 0.2) is 0 Å². The van der Waals surface area contributed by atoms with Crippen molar-refractivity contribution in [3.8, 4) is 0 Å². The molecule has 0 saturated carbocycles. The first-order valence-electron chi connectivity index (χ1n) is 0. The third-order valence-corrected chi connectivity index (χ3v) is 0. The van der Waals surface area contributed by atoms with E-state index >= 15 is 0 Å². The van der Waals surface area contributed by atoms with Crippen molar-refractivity contribution in [1.29, 1.82) is 0 Å². The van der Waals surface area contributed by atoms with Crippen molar-refractivity contribution in [1.82, 2.24) is 0 Å². The van der Waals surface area contributed by atoms with Gasteiger partial charge in [-0.2, -0.15) is 0 Å². The van der Waals surface area contributed by atoms with E-state index in [1.165, 1.54) is 0 Å². The standard InChI is InChI=1S/Ca.S.Se.Sr/q+2;2*-2;+2. The Balaban J connectivity index is 0. The average molecular weight is 239 g/mol. The molecule has 0 atom stereocenters. The van der Waals surface area contributed by atoms with E-state index in [0.29, 0.717) is 0 Å². The van der Waals surface area contributed by atoms with Crippen molar-refractivity contribution in [2.45, 2.75) is 0 Å². The average Bonchev–Trinajstić information content (AvgIpc) is 0.